The summed E-state index contributed by atoms with van der Waals surface area (Å²) in [5.41, 5.74) is 1.74. The molecule has 0 aliphatic rings. The number of Topliss-reactive ketones (excluding diaryl/α,β-unsaturated/α-hetero) is 1. The molecule has 4 atom stereocenters. The van der Waals surface area contributed by atoms with Crippen LogP contribution in [0.4, 0.5) is 26.3 Å². The summed E-state index contributed by atoms with van der Waals surface area (Å²) in [6.45, 7) is 0. The van der Waals surface area contributed by atoms with E-state index in [9.17, 15) is 26.3 Å². The highest BCUT2D eigenvalue weighted by atomic mass is 35.5. The number of ketones is 1. The first-order valence-corrected chi connectivity index (χ1v) is 17.1. The van der Waals surface area contributed by atoms with Gasteiger partial charge in [-0.05, 0) is 81.9 Å². The smallest absolute Gasteiger partial charge is 0.298 e. The lowest BCUT2D eigenvalue weighted by Gasteiger charge is -2.35. The van der Waals surface area contributed by atoms with Crippen molar-refractivity contribution in [3.63, 3.8) is 0 Å². The lowest BCUT2D eigenvalue weighted by molar-refractivity contribution is -0.138. The Morgan fingerprint density at radius 1 is 0.385 bits per heavy atom. The molecule has 1 nitrogen and oxygen atoms in total. The van der Waals surface area contributed by atoms with Gasteiger partial charge < -0.3 is 0 Å². The van der Waals surface area contributed by atoms with Crippen molar-refractivity contribution in [1.82, 2.24) is 0 Å². The van der Waals surface area contributed by atoms with Crippen molar-refractivity contribution in [2.45, 2.75) is 36.0 Å². The molecule has 6 aromatic carbocycles. The van der Waals surface area contributed by atoms with Gasteiger partial charge in [0.25, 0.3) is 0 Å². The minimum absolute atomic E-state index is 0.313. The van der Waals surface area contributed by atoms with E-state index in [1.165, 1.54) is 24.3 Å². The molecule has 0 fully saturated rings. The van der Waals surface area contributed by atoms with Crippen molar-refractivity contribution in [3.05, 3.63) is 212 Å². The fraction of sp³-hybridized carbons (Fsp3) is 0.140. The van der Waals surface area contributed by atoms with Crippen LogP contribution in [-0.2, 0) is 17.1 Å². The zero-order chi connectivity index (χ0) is 37.0. The van der Waals surface area contributed by atoms with Crippen LogP contribution in [0, 0.1) is 0 Å². The van der Waals surface area contributed by atoms with Crippen LogP contribution < -0.4 is 0 Å². The molecule has 0 aliphatic carbocycles. The molecule has 0 heterocycles. The molecule has 6 rings (SSSR count). The normalized spacial score (nSPS) is 14.3. The van der Waals surface area contributed by atoms with Crippen molar-refractivity contribution in [2.24, 2.45) is 0 Å². The maximum absolute atomic E-state index is 15.8. The van der Waals surface area contributed by atoms with Crippen molar-refractivity contribution in [3.8, 4) is 0 Å². The highest BCUT2D eigenvalue weighted by Gasteiger charge is 2.42. The molecule has 0 aliphatic heterocycles. The SMILES string of the molecule is O=C(C(c1ccc(Cl)cc1)C(c1ccccc1)c1ccc(C(F)(F)F)cc1)C(c1ccc(Cl)cc1)C(c1ccccc1)c1ccc(C(F)(F)F)cc1. The van der Waals surface area contributed by atoms with Gasteiger partial charge in [-0.25, -0.2) is 0 Å². The number of halogens is 8. The topological polar surface area (TPSA) is 17.1 Å². The first-order chi connectivity index (χ1) is 24.8. The molecular formula is C43H30Cl2F6O. The average molecular weight is 748 g/mol. The molecule has 0 amide bonds. The third-order valence-electron chi connectivity index (χ3n) is 9.25. The zero-order valence-corrected chi connectivity index (χ0v) is 28.8. The van der Waals surface area contributed by atoms with E-state index in [0.29, 0.717) is 43.4 Å². The number of alkyl halides is 6. The summed E-state index contributed by atoms with van der Waals surface area (Å²) >= 11 is 12.6. The Hall–Kier alpha value is -4.85. The molecule has 52 heavy (non-hydrogen) atoms. The fourth-order valence-corrected chi connectivity index (χ4v) is 7.06. The molecular weight excluding hydrogens is 717 g/mol. The van der Waals surface area contributed by atoms with Crippen LogP contribution in [0.2, 0.25) is 10.0 Å². The van der Waals surface area contributed by atoms with Crippen molar-refractivity contribution >= 4 is 29.0 Å². The first-order valence-electron chi connectivity index (χ1n) is 16.3. The van der Waals surface area contributed by atoms with Crippen molar-refractivity contribution in [1.29, 1.82) is 0 Å². The van der Waals surface area contributed by atoms with E-state index < -0.39 is 47.2 Å². The molecule has 0 saturated heterocycles. The number of carbonyl (C=O) groups is 1. The molecule has 4 unspecified atom stereocenters. The van der Waals surface area contributed by atoms with Gasteiger partial charge in [0.15, 0.2) is 0 Å². The number of hydrogen-bond donors (Lipinski definition) is 0. The maximum atomic E-state index is 15.8. The molecule has 9 heteroatoms. The van der Waals surface area contributed by atoms with E-state index in [1.807, 2.05) is 24.3 Å². The lowest BCUT2D eigenvalue weighted by atomic mass is 9.66. The van der Waals surface area contributed by atoms with Crippen molar-refractivity contribution in [2.75, 3.05) is 0 Å². The van der Waals surface area contributed by atoms with Crippen molar-refractivity contribution < 1.29 is 31.1 Å². The van der Waals surface area contributed by atoms with Crippen LogP contribution in [0.5, 0.6) is 0 Å². The van der Waals surface area contributed by atoms with E-state index in [4.69, 9.17) is 23.2 Å². The van der Waals surface area contributed by atoms with Gasteiger partial charge >= 0.3 is 12.4 Å². The largest absolute Gasteiger partial charge is 0.416 e. The third kappa shape index (κ3) is 8.27. The zero-order valence-electron chi connectivity index (χ0n) is 27.3. The minimum atomic E-state index is -4.57. The van der Waals surface area contributed by atoms with Crippen LogP contribution in [-0.4, -0.2) is 5.78 Å². The van der Waals surface area contributed by atoms with E-state index in [-0.39, 0.29) is 5.78 Å². The highest BCUT2D eigenvalue weighted by molar-refractivity contribution is 6.30. The number of hydrogen-bond acceptors (Lipinski definition) is 1. The van der Waals surface area contributed by atoms with E-state index in [2.05, 4.69) is 0 Å². The molecule has 0 spiro atoms. The Labute approximate surface area is 307 Å². The number of benzene rings is 6. The summed E-state index contributed by atoms with van der Waals surface area (Å²) in [5.74, 6) is -3.88. The summed E-state index contributed by atoms with van der Waals surface area (Å²) in [6.07, 6.45) is -9.15. The number of carbonyl (C=O) groups excluding carboxylic acids is 1. The number of rotatable bonds is 10. The predicted octanol–water partition coefficient (Wildman–Crippen LogP) is 13.1. The molecule has 0 saturated carbocycles. The Bertz CT molecular complexity index is 1930. The second-order valence-electron chi connectivity index (χ2n) is 12.5. The van der Waals surface area contributed by atoms with Crippen LogP contribution >= 0.6 is 23.2 Å². The summed E-state index contributed by atoms with van der Waals surface area (Å²) in [4.78, 5) is 15.8. The first kappa shape index (κ1) is 36.9. The van der Waals surface area contributed by atoms with E-state index in [0.717, 1.165) is 24.3 Å². The van der Waals surface area contributed by atoms with Gasteiger partial charge in [-0.3, -0.25) is 4.79 Å². The Morgan fingerprint density at radius 2 is 0.654 bits per heavy atom. The monoisotopic (exact) mass is 746 g/mol. The van der Waals surface area contributed by atoms with E-state index >= 15 is 4.79 Å². The molecule has 0 N–H and O–H groups in total. The standard InChI is InChI=1S/C43H30Cl2F6O/c44-35-23-15-31(16-24-35)39(37(27-7-3-1-4-8-27)29-11-19-33(20-12-29)42(46,47)48)41(52)40(32-17-25-36(45)26-18-32)38(28-9-5-2-6-10-28)30-13-21-34(22-14-30)43(49,50)51/h1-26,37-40H. The van der Waals surface area contributed by atoms with Gasteiger partial charge in [-0.15, -0.1) is 0 Å². The molecule has 6 aromatic rings. The molecule has 0 aromatic heterocycles. The van der Waals surface area contributed by atoms with E-state index in [1.54, 1.807) is 84.9 Å². The molecule has 0 bridgehead atoms. The summed E-state index contributed by atoms with van der Waals surface area (Å²) < 4.78 is 82.3. The average Bonchev–Trinajstić information content (AvgIpc) is 3.14. The molecule has 264 valence electrons. The van der Waals surface area contributed by atoms with Gasteiger partial charge in [-0.1, -0.05) is 132 Å². The predicted molar refractivity (Wildman–Crippen MR) is 193 cm³/mol. The quantitative estimate of drug-likeness (QED) is 0.128. The summed E-state index contributed by atoms with van der Waals surface area (Å²) in [6, 6.07) is 41.1. The second kappa shape index (κ2) is 15.4. The van der Waals surface area contributed by atoms with Gasteiger partial charge in [-0.2, -0.15) is 26.3 Å². The molecule has 0 radical (unpaired) electrons. The Morgan fingerprint density at radius 3 is 0.942 bits per heavy atom. The highest BCUT2D eigenvalue weighted by Crippen LogP contribution is 2.48. The fourth-order valence-electron chi connectivity index (χ4n) is 6.81. The van der Waals surface area contributed by atoms with Crippen LogP contribution in [0.3, 0.4) is 0 Å². The van der Waals surface area contributed by atoms with Gasteiger partial charge in [0.2, 0.25) is 0 Å². The van der Waals surface area contributed by atoms with Gasteiger partial charge in [0, 0.05) is 21.9 Å². The Kier molecular flexibility index (Phi) is 10.9. The van der Waals surface area contributed by atoms with Crippen LogP contribution in [0.15, 0.2) is 158 Å². The van der Waals surface area contributed by atoms with Crippen LogP contribution in [0.1, 0.15) is 68.2 Å². The summed E-state index contributed by atoms with van der Waals surface area (Å²) in [7, 11) is 0. The van der Waals surface area contributed by atoms with Crippen LogP contribution in [0.25, 0.3) is 0 Å². The Balaban J connectivity index is 1.62. The maximum Gasteiger partial charge on any atom is 0.416 e. The summed E-state index contributed by atoms with van der Waals surface area (Å²) in [5, 5.41) is 0.837. The second-order valence-corrected chi connectivity index (χ2v) is 13.3. The lowest BCUT2D eigenvalue weighted by Crippen LogP contribution is -2.31. The van der Waals surface area contributed by atoms with Gasteiger partial charge in [0.1, 0.15) is 5.78 Å². The van der Waals surface area contributed by atoms with Gasteiger partial charge in [0.05, 0.1) is 23.0 Å². The third-order valence-corrected chi connectivity index (χ3v) is 9.75. The minimum Gasteiger partial charge on any atom is -0.298 e.